The Hall–Kier alpha value is -1.45. The van der Waals surface area contributed by atoms with Gasteiger partial charge in [0.25, 0.3) is 0 Å². The van der Waals surface area contributed by atoms with Crippen molar-refractivity contribution in [2.24, 2.45) is 0 Å². The van der Waals surface area contributed by atoms with Gasteiger partial charge >= 0.3 is 5.97 Å². The molecule has 0 aliphatic carbocycles. The molecule has 1 aromatic rings. The minimum atomic E-state index is -3.29. The molecule has 0 bridgehead atoms. The summed E-state index contributed by atoms with van der Waals surface area (Å²) in [6, 6.07) is 1.31. The highest BCUT2D eigenvalue weighted by molar-refractivity contribution is 7.88. The minimum Gasteiger partial charge on any atom is -0.476 e. The predicted octanol–water partition coefficient (Wildman–Crippen LogP) is -0.210. The van der Waals surface area contributed by atoms with E-state index in [4.69, 9.17) is 9.63 Å². The van der Waals surface area contributed by atoms with Gasteiger partial charge in [-0.25, -0.2) is 17.9 Å². The minimum absolute atomic E-state index is 0.162. The number of sulfonamides is 1. The molecule has 0 fully saturated rings. The highest BCUT2D eigenvalue weighted by Gasteiger charge is 2.21. The first-order chi connectivity index (χ1) is 8.59. The molecule has 0 aromatic carbocycles. The van der Waals surface area contributed by atoms with Crippen molar-refractivity contribution < 1.29 is 22.8 Å². The van der Waals surface area contributed by atoms with Crippen LogP contribution in [0.25, 0.3) is 0 Å². The standard InChI is InChI=1S/C10H17N3O5S/c1-10(2,13-19(3,16)17)6-11-5-7-4-8(9(14)15)12-18-7/h4,11,13H,5-6H2,1-3H3,(H,14,15). The second-order valence-corrected chi connectivity index (χ2v) is 6.59. The Kier molecular flexibility index (Phi) is 4.66. The number of aromatic nitrogens is 1. The largest absolute Gasteiger partial charge is 0.476 e. The highest BCUT2D eigenvalue weighted by Crippen LogP contribution is 2.05. The fourth-order valence-corrected chi connectivity index (χ4v) is 2.61. The fourth-order valence-electron chi connectivity index (χ4n) is 1.53. The van der Waals surface area contributed by atoms with E-state index in [1.54, 1.807) is 13.8 Å². The highest BCUT2D eigenvalue weighted by atomic mass is 32.2. The molecule has 1 heterocycles. The summed E-state index contributed by atoms with van der Waals surface area (Å²) in [6.07, 6.45) is 1.09. The molecule has 108 valence electrons. The first-order valence-corrected chi connectivity index (χ1v) is 7.37. The molecule has 3 N–H and O–H groups in total. The number of rotatable bonds is 7. The number of carbonyl (C=O) groups is 1. The van der Waals surface area contributed by atoms with Gasteiger partial charge in [-0.15, -0.1) is 0 Å². The molecule has 0 radical (unpaired) electrons. The summed E-state index contributed by atoms with van der Waals surface area (Å²) in [5.74, 6) is -0.790. The fraction of sp³-hybridized carbons (Fsp3) is 0.600. The molecule has 1 aromatic heterocycles. The molecule has 0 saturated carbocycles. The summed E-state index contributed by atoms with van der Waals surface area (Å²) in [5, 5.41) is 15.0. The van der Waals surface area contributed by atoms with Crippen molar-refractivity contribution in [2.45, 2.75) is 25.9 Å². The van der Waals surface area contributed by atoms with E-state index >= 15 is 0 Å². The van der Waals surface area contributed by atoms with Crippen molar-refractivity contribution >= 4 is 16.0 Å². The van der Waals surface area contributed by atoms with Crippen LogP contribution < -0.4 is 10.0 Å². The van der Waals surface area contributed by atoms with Crippen LogP contribution in [-0.4, -0.2) is 43.0 Å². The van der Waals surface area contributed by atoms with E-state index in [0.717, 1.165) is 6.26 Å². The lowest BCUT2D eigenvalue weighted by Gasteiger charge is -2.25. The number of nitrogens with one attached hydrogen (secondary N) is 2. The second kappa shape index (κ2) is 5.68. The van der Waals surface area contributed by atoms with Crippen molar-refractivity contribution in [3.8, 4) is 0 Å². The van der Waals surface area contributed by atoms with Crippen molar-refractivity contribution in [3.05, 3.63) is 17.5 Å². The summed E-state index contributed by atoms with van der Waals surface area (Å²) in [5.41, 5.74) is -0.825. The normalized spacial score (nSPS) is 12.6. The summed E-state index contributed by atoms with van der Waals surface area (Å²) < 4.78 is 29.5. The maximum Gasteiger partial charge on any atom is 0.358 e. The number of carboxylic acid groups (broad SMARTS) is 1. The van der Waals surface area contributed by atoms with Gasteiger partial charge in [0.15, 0.2) is 11.5 Å². The number of aromatic carboxylic acids is 1. The molecule has 0 saturated heterocycles. The number of hydrogen-bond acceptors (Lipinski definition) is 6. The smallest absolute Gasteiger partial charge is 0.358 e. The second-order valence-electron chi connectivity index (χ2n) is 4.85. The van der Waals surface area contributed by atoms with E-state index in [1.807, 2.05) is 0 Å². The molecule has 0 unspecified atom stereocenters. The van der Waals surface area contributed by atoms with Crippen LogP contribution in [0.15, 0.2) is 10.6 Å². The zero-order valence-corrected chi connectivity index (χ0v) is 11.7. The van der Waals surface area contributed by atoms with Crippen molar-refractivity contribution in [3.63, 3.8) is 0 Å². The summed E-state index contributed by atoms with van der Waals surface area (Å²) in [7, 11) is -3.29. The third-order valence-corrected chi connectivity index (χ3v) is 3.03. The van der Waals surface area contributed by atoms with Crippen molar-refractivity contribution in [1.29, 1.82) is 0 Å². The van der Waals surface area contributed by atoms with Crippen LogP contribution in [0.3, 0.4) is 0 Å². The van der Waals surface area contributed by atoms with E-state index in [9.17, 15) is 13.2 Å². The lowest BCUT2D eigenvalue weighted by atomic mass is 10.1. The van der Waals surface area contributed by atoms with Crippen LogP contribution in [0.2, 0.25) is 0 Å². The summed E-state index contributed by atoms with van der Waals surface area (Å²) >= 11 is 0. The van der Waals surface area contributed by atoms with Gasteiger partial charge in [-0.1, -0.05) is 5.16 Å². The predicted molar refractivity (Wildman–Crippen MR) is 67.2 cm³/mol. The first kappa shape index (κ1) is 15.6. The third kappa shape index (κ3) is 5.81. The first-order valence-electron chi connectivity index (χ1n) is 5.48. The van der Waals surface area contributed by atoms with E-state index in [-0.39, 0.29) is 12.2 Å². The maximum absolute atomic E-state index is 11.1. The van der Waals surface area contributed by atoms with E-state index in [2.05, 4.69) is 15.2 Å². The Balaban J connectivity index is 2.47. The zero-order chi connectivity index (χ0) is 14.7. The molecular formula is C10H17N3O5S. The molecule has 0 aliphatic heterocycles. The molecule has 9 heteroatoms. The van der Waals surface area contributed by atoms with Crippen LogP contribution in [-0.2, 0) is 16.6 Å². The Bertz CT molecular complexity index is 549. The van der Waals surface area contributed by atoms with Crippen molar-refractivity contribution in [2.75, 3.05) is 12.8 Å². The van der Waals surface area contributed by atoms with Gasteiger partial charge in [-0.3, -0.25) is 0 Å². The van der Waals surface area contributed by atoms with Crippen LogP contribution >= 0.6 is 0 Å². The molecule has 0 amide bonds. The van der Waals surface area contributed by atoms with Crippen molar-refractivity contribution in [1.82, 2.24) is 15.2 Å². The van der Waals surface area contributed by atoms with Gasteiger partial charge < -0.3 is 14.9 Å². The van der Waals surface area contributed by atoms with Gasteiger partial charge in [-0.2, -0.15) is 0 Å². The van der Waals surface area contributed by atoms with Crippen LogP contribution in [0, 0.1) is 0 Å². The molecule has 0 atom stereocenters. The number of nitrogens with zero attached hydrogens (tertiary/aromatic N) is 1. The Morgan fingerprint density at radius 3 is 2.63 bits per heavy atom. The van der Waals surface area contributed by atoms with E-state index < -0.39 is 21.5 Å². The van der Waals surface area contributed by atoms with Gasteiger partial charge in [0.2, 0.25) is 10.0 Å². The van der Waals surface area contributed by atoms with Crippen LogP contribution in [0.5, 0.6) is 0 Å². The van der Waals surface area contributed by atoms with E-state index in [1.165, 1.54) is 6.07 Å². The number of hydrogen-bond donors (Lipinski definition) is 3. The topological polar surface area (TPSA) is 122 Å². The summed E-state index contributed by atoms with van der Waals surface area (Å²) in [4.78, 5) is 10.6. The third-order valence-electron chi connectivity index (χ3n) is 2.11. The quantitative estimate of drug-likeness (QED) is 0.635. The lowest BCUT2D eigenvalue weighted by molar-refractivity contribution is 0.0685. The van der Waals surface area contributed by atoms with Crippen LogP contribution in [0.4, 0.5) is 0 Å². The summed E-state index contributed by atoms with van der Waals surface area (Å²) in [6.45, 7) is 4.06. The Labute approximate surface area is 111 Å². The SMILES string of the molecule is CC(C)(CNCc1cc(C(=O)O)no1)NS(C)(=O)=O. The van der Waals surface area contributed by atoms with Gasteiger partial charge in [0.1, 0.15) is 0 Å². The number of carboxylic acids is 1. The van der Waals surface area contributed by atoms with E-state index in [0.29, 0.717) is 12.3 Å². The molecule has 8 nitrogen and oxygen atoms in total. The molecule has 1 rings (SSSR count). The Morgan fingerprint density at radius 2 is 2.16 bits per heavy atom. The average Bonchev–Trinajstić information content (AvgIpc) is 2.61. The molecular weight excluding hydrogens is 274 g/mol. The Morgan fingerprint density at radius 1 is 1.53 bits per heavy atom. The molecule has 0 aliphatic rings. The van der Waals surface area contributed by atoms with Gasteiger partial charge in [0.05, 0.1) is 12.8 Å². The zero-order valence-electron chi connectivity index (χ0n) is 10.9. The molecule has 0 spiro atoms. The lowest BCUT2D eigenvalue weighted by Crippen LogP contribution is -2.49. The average molecular weight is 291 g/mol. The maximum atomic E-state index is 11.1. The van der Waals surface area contributed by atoms with Gasteiger partial charge in [-0.05, 0) is 13.8 Å². The van der Waals surface area contributed by atoms with Crippen LogP contribution in [0.1, 0.15) is 30.1 Å². The van der Waals surface area contributed by atoms with Gasteiger partial charge in [0, 0.05) is 18.2 Å². The molecule has 19 heavy (non-hydrogen) atoms. The monoisotopic (exact) mass is 291 g/mol.